The number of hydrogen-bond donors (Lipinski definition) is 0. The summed E-state index contributed by atoms with van der Waals surface area (Å²) in [4.78, 5) is 29.8. The van der Waals surface area contributed by atoms with Crippen molar-refractivity contribution >= 4 is 12.1 Å². The zero-order valence-electron chi connectivity index (χ0n) is 14.2. The summed E-state index contributed by atoms with van der Waals surface area (Å²) in [6.45, 7) is 14.5. The Balaban J connectivity index is 2.62. The normalized spacial score (nSPS) is 19.4. The molecule has 1 heterocycles. The summed E-state index contributed by atoms with van der Waals surface area (Å²) < 4.78 is 5.38. The molecule has 1 fully saturated rings. The molecular weight excluding hydrogens is 270 g/mol. The standard InChI is InChI=1S/C15H29N3O3/c1-7-16(8-2)13(19)18-10-9-17(11-12(18)3)14(20)21-15(4,5)6/h12H,7-11H2,1-6H3. The van der Waals surface area contributed by atoms with E-state index in [1.807, 2.05) is 46.4 Å². The quantitative estimate of drug-likeness (QED) is 0.786. The van der Waals surface area contributed by atoms with Gasteiger partial charge in [0.25, 0.3) is 0 Å². The first-order valence-electron chi connectivity index (χ1n) is 7.73. The van der Waals surface area contributed by atoms with Gasteiger partial charge in [-0.3, -0.25) is 0 Å². The zero-order valence-corrected chi connectivity index (χ0v) is 14.2. The second-order valence-electron chi connectivity index (χ2n) is 6.42. The van der Waals surface area contributed by atoms with E-state index in [0.29, 0.717) is 32.7 Å². The third-order valence-electron chi connectivity index (χ3n) is 3.56. The number of ether oxygens (including phenoxy) is 1. The first-order valence-corrected chi connectivity index (χ1v) is 7.73. The van der Waals surface area contributed by atoms with Crippen LogP contribution in [-0.4, -0.2) is 71.2 Å². The fraction of sp³-hybridized carbons (Fsp3) is 0.867. The molecule has 6 nitrogen and oxygen atoms in total. The second-order valence-corrected chi connectivity index (χ2v) is 6.42. The highest BCUT2D eigenvalue weighted by Crippen LogP contribution is 2.16. The van der Waals surface area contributed by atoms with Crippen LogP contribution in [0.3, 0.4) is 0 Å². The van der Waals surface area contributed by atoms with Gasteiger partial charge < -0.3 is 19.4 Å². The van der Waals surface area contributed by atoms with E-state index < -0.39 is 5.60 Å². The van der Waals surface area contributed by atoms with Crippen molar-refractivity contribution in [3.8, 4) is 0 Å². The Hall–Kier alpha value is -1.46. The van der Waals surface area contributed by atoms with Gasteiger partial charge >= 0.3 is 12.1 Å². The molecule has 1 saturated heterocycles. The molecule has 0 bridgehead atoms. The van der Waals surface area contributed by atoms with E-state index in [4.69, 9.17) is 4.74 Å². The summed E-state index contributed by atoms with van der Waals surface area (Å²) in [5.74, 6) is 0. The Morgan fingerprint density at radius 3 is 2.19 bits per heavy atom. The maximum absolute atomic E-state index is 12.4. The van der Waals surface area contributed by atoms with Crippen molar-refractivity contribution in [1.82, 2.24) is 14.7 Å². The molecule has 21 heavy (non-hydrogen) atoms. The van der Waals surface area contributed by atoms with Gasteiger partial charge in [-0.1, -0.05) is 0 Å². The fourth-order valence-corrected chi connectivity index (χ4v) is 2.41. The summed E-state index contributed by atoms with van der Waals surface area (Å²) in [5, 5.41) is 0. The molecule has 0 radical (unpaired) electrons. The van der Waals surface area contributed by atoms with Gasteiger partial charge in [0.05, 0.1) is 0 Å². The van der Waals surface area contributed by atoms with E-state index in [9.17, 15) is 9.59 Å². The minimum Gasteiger partial charge on any atom is -0.444 e. The zero-order chi connectivity index (χ0) is 16.2. The third-order valence-corrected chi connectivity index (χ3v) is 3.56. The van der Waals surface area contributed by atoms with Crippen molar-refractivity contribution in [2.24, 2.45) is 0 Å². The van der Waals surface area contributed by atoms with Gasteiger partial charge in [-0.15, -0.1) is 0 Å². The van der Waals surface area contributed by atoms with Crippen LogP contribution < -0.4 is 0 Å². The van der Waals surface area contributed by atoms with Crippen LogP contribution in [0, 0.1) is 0 Å². The lowest BCUT2D eigenvalue weighted by atomic mass is 10.2. The molecule has 6 heteroatoms. The number of rotatable bonds is 2. The van der Waals surface area contributed by atoms with Crippen molar-refractivity contribution in [2.45, 2.75) is 53.2 Å². The molecule has 1 atom stereocenters. The molecule has 0 N–H and O–H groups in total. The maximum Gasteiger partial charge on any atom is 0.410 e. The van der Waals surface area contributed by atoms with Gasteiger partial charge in [0.2, 0.25) is 0 Å². The van der Waals surface area contributed by atoms with Crippen LogP contribution in [0.25, 0.3) is 0 Å². The van der Waals surface area contributed by atoms with Crippen LogP contribution in [0.5, 0.6) is 0 Å². The lowest BCUT2D eigenvalue weighted by Crippen LogP contribution is -2.58. The van der Waals surface area contributed by atoms with E-state index >= 15 is 0 Å². The minimum absolute atomic E-state index is 0.000585. The predicted octanol–water partition coefficient (Wildman–Crippen LogP) is 2.39. The number of amides is 3. The Morgan fingerprint density at radius 1 is 1.19 bits per heavy atom. The molecule has 1 rings (SSSR count). The van der Waals surface area contributed by atoms with Crippen LogP contribution in [0.1, 0.15) is 41.5 Å². The van der Waals surface area contributed by atoms with Crippen LogP contribution >= 0.6 is 0 Å². The van der Waals surface area contributed by atoms with Crippen molar-refractivity contribution < 1.29 is 14.3 Å². The predicted molar refractivity (Wildman–Crippen MR) is 82.3 cm³/mol. The maximum atomic E-state index is 12.4. The Kier molecular flexibility index (Phi) is 5.87. The molecule has 0 aliphatic carbocycles. The number of urea groups is 1. The molecule has 0 saturated carbocycles. The first kappa shape index (κ1) is 17.6. The summed E-state index contributed by atoms with van der Waals surface area (Å²) in [5.41, 5.74) is -0.492. The molecule has 0 aromatic carbocycles. The Morgan fingerprint density at radius 2 is 1.76 bits per heavy atom. The van der Waals surface area contributed by atoms with Gasteiger partial charge in [0.15, 0.2) is 0 Å². The number of carbonyl (C=O) groups is 2. The van der Waals surface area contributed by atoms with E-state index in [1.54, 1.807) is 9.80 Å². The van der Waals surface area contributed by atoms with Gasteiger partial charge in [0, 0.05) is 38.8 Å². The second kappa shape index (κ2) is 7.00. The number of hydrogen-bond acceptors (Lipinski definition) is 3. The molecule has 1 aliphatic heterocycles. The number of nitrogens with zero attached hydrogens (tertiary/aromatic N) is 3. The van der Waals surface area contributed by atoms with E-state index in [2.05, 4.69) is 0 Å². The monoisotopic (exact) mass is 299 g/mol. The Bertz CT molecular complexity index is 375. The van der Waals surface area contributed by atoms with Crippen molar-refractivity contribution in [2.75, 3.05) is 32.7 Å². The third kappa shape index (κ3) is 4.79. The molecule has 0 aromatic heterocycles. The summed E-state index contributed by atoms with van der Waals surface area (Å²) >= 11 is 0. The molecule has 1 aliphatic rings. The summed E-state index contributed by atoms with van der Waals surface area (Å²) in [6.07, 6.45) is -0.302. The number of piperazine rings is 1. The van der Waals surface area contributed by atoms with E-state index in [1.165, 1.54) is 0 Å². The van der Waals surface area contributed by atoms with Crippen LogP contribution in [-0.2, 0) is 4.74 Å². The van der Waals surface area contributed by atoms with Gasteiger partial charge in [-0.05, 0) is 41.5 Å². The van der Waals surface area contributed by atoms with Crippen LogP contribution in [0.4, 0.5) is 9.59 Å². The molecule has 1 unspecified atom stereocenters. The molecule has 3 amide bonds. The highest BCUT2D eigenvalue weighted by atomic mass is 16.6. The lowest BCUT2D eigenvalue weighted by molar-refractivity contribution is 0.00858. The van der Waals surface area contributed by atoms with Gasteiger partial charge in [0.1, 0.15) is 5.60 Å². The van der Waals surface area contributed by atoms with Crippen LogP contribution in [0.2, 0.25) is 0 Å². The van der Waals surface area contributed by atoms with Crippen molar-refractivity contribution in [3.63, 3.8) is 0 Å². The van der Waals surface area contributed by atoms with Crippen LogP contribution in [0.15, 0.2) is 0 Å². The molecular formula is C15H29N3O3. The molecule has 122 valence electrons. The van der Waals surface area contributed by atoms with Crippen molar-refractivity contribution in [3.05, 3.63) is 0 Å². The van der Waals surface area contributed by atoms with Crippen molar-refractivity contribution in [1.29, 1.82) is 0 Å². The minimum atomic E-state index is -0.492. The highest BCUT2D eigenvalue weighted by Gasteiger charge is 2.33. The van der Waals surface area contributed by atoms with E-state index in [0.717, 1.165) is 0 Å². The summed E-state index contributed by atoms with van der Waals surface area (Å²) in [6, 6.07) is 0.0516. The average Bonchev–Trinajstić information content (AvgIpc) is 2.37. The molecule has 0 spiro atoms. The molecule has 0 aromatic rings. The fourth-order valence-electron chi connectivity index (χ4n) is 2.41. The SMILES string of the molecule is CCN(CC)C(=O)N1CCN(C(=O)OC(C)(C)C)CC1C. The average molecular weight is 299 g/mol. The largest absolute Gasteiger partial charge is 0.444 e. The Labute approximate surface area is 128 Å². The van der Waals surface area contributed by atoms with Gasteiger partial charge in [-0.25, -0.2) is 9.59 Å². The van der Waals surface area contributed by atoms with E-state index in [-0.39, 0.29) is 18.2 Å². The first-order chi connectivity index (χ1) is 9.69. The highest BCUT2D eigenvalue weighted by molar-refractivity contribution is 5.75. The lowest BCUT2D eigenvalue weighted by Gasteiger charge is -2.41. The summed E-state index contributed by atoms with van der Waals surface area (Å²) in [7, 11) is 0. The topological polar surface area (TPSA) is 53.1 Å². The van der Waals surface area contributed by atoms with Gasteiger partial charge in [-0.2, -0.15) is 0 Å². The number of carbonyl (C=O) groups excluding carboxylic acids is 2. The smallest absolute Gasteiger partial charge is 0.410 e.